The lowest BCUT2D eigenvalue weighted by atomic mass is 10.3. The predicted octanol–water partition coefficient (Wildman–Crippen LogP) is 1.43. The fourth-order valence-electron chi connectivity index (χ4n) is 0.299. The molecule has 44 valence electrons. The molecule has 0 aromatic rings. The average Bonchev–Trinajstić information content (AvgIpc) is 1.89. The van der Waals surface area contributed by atoms with Crippen LogP contribution >= 0.6 is 0 Å². The summed E-state index contributed by atoms with van der Waals surface area (Å²) in [6.07, 6.45) is 6.83. The van der Waals surface area contributed by atoms with Gasteiger partial charge >= 0.3 is 0 Å². The average molecular weight is 116 g/mol. The molecular formula is C9H8. The highest BCUT2D eigenvalue weighted by Gasteiger charge is 1.65. The molecule has 0 heterocycles. The van der Waals surface area contributed by atoms with Crippen LogP contribution in [0, 0.1) is 36.0 Å². The topological polar surface area (TPSA) is 0 Å². The van der Waals surface area contributed by atoms with Gasteiger partial charge in [-0.1, -0.05) is 12.8 Å². The summed E-state index contributed by atoms with van der Waals surface area (Å²) in [6, 6.07) is 0. The summed E-state index contributed by atoms with van der Waals surface area (Å²) in [5, 5.41) is 0. The molecule has 0 unspecified atom stereocenters. The minimum atomic E-state index is 0.902. The molecule has 0 rings (SSSR count). The molecule has 0 N–H and O–H groups in total. The van der Waals surface area contributed by atoms with Gasteiger partial charge in [-0.2, -0.15) is 0 Å². The molecule has 0 fully saturated rings. The third-order valence-corrected chi connectivity index (χ3v) is 0.661. The Hall–Kier alpha value is -1.32. The Morgan fingerprint density at radius 3 is 2.56 bits per heavy atom. The second-order valence-corrected chi connectivity index (χ2v) is 1.45. The van der Waals surface area contributed by atoms with Gasteiger partial charge in [0.2, 0.25) is 0 Å². The van der Waals surface area contributed by atoms with E-state index in [9.17, 15) is 0 Å². The van der Waals surface area contributed by atoms with Gasteiger partial charge in [-0.15, -0.1) is 6.42 Å². The zero-order valence-corrected chi connectivity index (χ0v) is 5.49. The molecule has 0 nitrogen and oxygen atoms in total. The van der Waals surface area contributed by atoms with Crippen LogP contribution in [-0.2, 0) is 0 Å². The standard InChI is InChI=1S/C9H8/c1-3-5-7-9-8-6-4-2/h1H,4,6H2,2H3. The monoisotopic (exact) mass is 116 g/mol. The van der Waals surface area contributed by atoms with Gasteiger partial charge in [-0.05, 0) is 30.1 Å². The maximum atomic E-state index is 4.85. The number of hydrogen-bond acceptors (Lipinski definition) is 0. The summed E-state index contributed by atoms with van der Waals surface area (Å²) in [5.41, 5.74) is 0. The summed E-state index contributed by atoms with van der Waals surface area (Å²) in [7, 11) is 0. The highest BCUT2D eigenvalue weighted by Crippen LogP contribution is 1.79. The predicted molar refractivity (Wildman–Crippen MR) is 39.3 cm³/mol. The maximum absolute atomic E-state index is 4.85. The molecule has 0 atom stereocenters. The molecule has 0 heteroatoms. The Labute approximate surface area is 56.7 Å². The molecule has 0 aliphatic rings. The second-order valence-electron chi connectivity index (χ2n) is 1.45. The van der Waals surface area contributed by atoms with Crippen LogP contribution < -0.4 is 0 Å². The van der Waals surface area contributed by atoms with E-state index in [1.165, 1.54) is 0 Å². The van der Waals surface area contributed by atoms with E-state index >= 15 is 0 Å². The lowest BCUT2D eigenvalue weighted by Crippen LogP contribution is -1.59. The van der Waals surface area contributed by atoms with Gasteiger partial charge in [0, 0.05) is 6.42 Å². The van der Waals surface area contributed by atoms with E-state index in [2.05, 4.69) is 36.5 Å². The van der Waals surface area contributed by atoms with E-state index in [-0.39, 0.29) is 0 Å². The summed E-state index contributed by atoms with van der Waals surface area (Å²) in [6.45, 7) is 2.07. The summed E-state index contributed by atoms with van der Waals surface area (Å²) in [4.78, 5) is 0. The van der Waals surface area contributed by atoms with E-state index in [4.69, 9.17) is 6.42 Å². The Kier molecular flexibility index (Phi) is 5.70. The van der Waals surface area contributed by atoms with Crippen molar-refractivity contribution in [3.63, 3.8) is 0 Å². The molecule has 0 bridgehead atoms. The van der Waals surface area contributed by atoms with E-state index in [0.29, 0.717) is 0 Å². The Bertz CT molecular complexity index is 206. The summed E-state index contributed by atoms with van der Waals surface area (Å²) < 4.78 is 0. The Balaban J connectivity index is 3.52. The van der Waals surface area contributed by atoms with Gasteiger partial charge in [0.25, 0.3) is 0 Å². The fraction of sp³-hybridized carbons (Fsp3) is 0.333. The highest BCUT2D eigenvalue weighted by atomic mass is 13.7. The smallest absolute Gasteiger partial charge is 0.00963 e. The van der Waals surface area contributed by atoms with Crippen molar-refractivity contribution in [2.24, 2.45) is 0 Å². The van der Waals surface area contributed by atoms with Crippen molar-refractivity contribution in [1.82, 2.24) is 0 Å². The van der Waals surface area contributed by atoms with Crippen molar-refractivity contribution in [3.8, 4) is 36.0 Å². The van der Waals surface area contributed by atoms with E-state index < -0.39 is 0 Å². The third kappa shape index (κ3) is 6.68. The lowest BCUT2D eigenvalue weighted by molar-refractivity contribution is 0.983. The Morgan fingerprint density at radius 2 is 2.00 bits per heavy atom. The quantitative estimate of drug-likeness (QED) is 0.454. The zero-order valence-electron chi connectivity index (χ0n) is 5.49. The van der Waals surface area contributed by atoms with Crippen molar-refractivity contribution < 1.29 is 0 Å². The summed E-state index contributed by atoms with van der Waals surface area (Å²) >= 11 is 0. The minimum Gasteiger partial charge on any atom is -0.106 e. The molecule has 0 radical (unpaired) electrons. The van der Waals surface area contributed by atoms with E-state index in [0.717, 1.165) is 12.8 Å². The van der Waals surface area contributed by atoms with Crippen LogP contribution in [0.25, 0.3) is 0 Å². The first-order chi connectivity index (χ1) is 4.41. The number of rotatable bonds is 1. The molecule has 9 heavy (non-hydrogen) atoms. The van der Waals surface area contributed by atoms with Crippen molar-refractivity contribution in [1.29, 1.82) is 0 Å². The molecule has 0 aliphatic heterocycles. The van der Waals surface area contributed by atoms with Crippen LogP contribution in [0.1, 0.15) is 19.8 Å². The molecule has 0 saturated carbocycles. The lowest BCUT2D eigenvalue weighted by Gasteiger charge is -1.71. The van der Waals surface area contributed by atoms with Crippen LogP contribution in [0.15, 0.2) is 0 Å². The Morgan fingerprint density at radius 1 is 1.22 bits per heavy atom. The van der Waals surface area contributed by atoms with Crippen molar-refractivity contribution >= 4 is 0 Å². The summed E-state index contributed by atoms with van der Waals surface area (Å²) in [5.74, 6) is 12.6. The third-order valence-electron chi connectivity index (χ3n) is 0.661. The fourth-order valence-corrected chi connectivity index (χ4v) is 0.299. The van der Waals surface area contributed by atoms with Crippen molar-refractivity contribution in [2.45, 2.75) is 19.8 Å². The molecule has 0 aliphatic carbocycles. The second kappa shape index (κ2) is 6.68. The van der Waals surface area contributed by atoms with E-state index in [1.54, 1.807) is 0 Å². The molecular weight excluding hydrogens is 108 g/mol. The zero-order chi connectivity index (χ0) is 6.95. The minimum absolute atomic E-state index is 0.902. The molecule has 0 amide bonds. The van der Waals surface area contributed by atoms with Crippen molar-refractivity contribution in [3.05, 3.63) is 0 Å². The molecule has 0 aromatic carbocycles. The number of terminal acetylenes is 1. The first-order valence-corrected chi connectivity index (χ1v) is 2.85. The van der Waals surface area contributed by atoms with Gasteiger partial charge in [0.1, 0.15) is 0 Å². The van der Waals surface area contributed by atoms with Gasteiger partial charge in [-0.3, -0.25) is 0 Å². The van der Waals surface area contributed by atoms with Gasteiger partial charge in [-0.25, -0.2) is 0 Å². The maximum Gasteiger partial charge on any atom is 0.00963 e. The van der Waals surface area contributed by atoms with Crippen LogP contribution in [-0.4, -0.2) is 0 Å². The molecule has 0 saturated heterocycles. The first kappa shape index (κ1) is 7.68. The number of unbranched alkanes of at least 4 members (excludes halogenated alkanes) is 1. The van der Waals surface area contributed by atoms with Gasteiger partial charge in [0.15, 0.2) is 0 Å². The van der Waals surface area contributed by atoms with Crippen molar-refractivity contribution in [2.75, 3.05) is 0 Å². The normalized spacial score (nSPS) is 5.33. The molecule has 0 spiro atoms. The number of hydrogen-bond donors (Lipinski definition) is 0. The van der Waals surface area contributed by atoms with Crippen LogP contribution in [0.5, 0.6) is 0 Å². The molecule has 0 aromatic heterocycles. The van der Waals surface area contributed by atoms with Gasteiger partial charge in [0.05, 0.1) is 0 Å². The largest absolute Gasteiger partial charge is 0.106 e. The van der Waals surface area contributed by atoms with Gasteiger partial charge < -0.3 is 0 Å². The van der Waals surface area contributed by atoms with Crippen LogP contribution in [0.3, 0.4) is 0 Å². The highest BCUT2D eigenvalue weighted by molar-refractivity contribution is 5.33. The SMILES string of the molecule is C#CC#CC#CCCC. The van der Waals surface area contributed by atoms with Crippen LogP contribution in [0.2, 0.25) is 0 Å². The first-order valence-electron chi connectivity index (χ1n) is 2.85. The van der Waals surface area contributed by atoms with E-state index in [1.807, 2.05) is 0 Å². The van der Waals surface area contributed by atoms with Crippen LogP contribution in [0.4, 0.5) is 0 Å².